The van der Waals surface area contributed by atoms with Crippen molar-refractivity contribution in [1.29, 1.82) is 0 Å². The summed E-state index contributed by atoms with van der Waals surface area (Å²) in [5.74, 6) is -0.639. The molecule has 1 fully saturated rings. The quantitative estimate of drug-likeness (QED) is 0.751. The van der Waals surface area contributed by atoms with Gasteiger partial charge in [-0.05, 0) is 52.9 Å². The maximum absolute atomic E-state index is 11.9. The number of urea groups is 1. The fraction of sp³-hybridized carbons (Fsp3) is 0.385. The summed E-state index contributed by atoms with van der Waals surface area (Å²) in [6.45, 7) is 0. The Bertz CT molecular complexity index is 534. The lowest BCUT2D eigenvalue weighted by atomic mass is 10.1. The third kappa shape index (κ3) is 4.38. The largest absolute Gasteiger partial charge is 0.481 e. The number of carbonyl (C=O) groups excluding carboxylic acids is 1. The second-order valence-electron chi connectivity index (χ2n) is 4.76. The number of rotatable bonds is 5. The summed E-state index contributed by atoms with van der Waals surface area (Å²) in [5.41, 5.74) is 0.580. The van der Waals surface area contributed by atoms with Crippen LogP contribution in [0.25, 0.3) is 0 Å². The zero-order chi connectivity index (χ0) is 14.7. The number of amides is 2. The Kier molecular flexibility index (Phi) is 4.88. The lowest BCUT2D eigenvalue weighted by molar-refractivity contribution is -0.137. The van der Waals surface area contributed by atoms with E-state index in [4.69, 9.17) is 16.7 Å². The minimum absolute atomic E-state index is 0.0557. The highest BCUT2D eigenvalue weighted by molar-refractivity contribution is 9.10. The predicted octanol–water partition coefficient (Wildman–Crippen LogP) is 3.48. The van der Waals surface area contributed by atoms with Crippen molar-refractivity contribution in [3.05, 3.63) is 27.7 Å². The Hall–Kier alpha value is -1.27. The highest BCUT2D eigenvalue weighted by Crippen LogP contribution is 2.34. The molecule has 1 aromatic carbocycles. The first kappa shape index (κ1) is 15.1. The van der Waals surface area contributed by atoms with Crippen molar-refractivity contribution in [3.63, 3.8) is 0 Å². The molecule has 1 aromatic rings. The number of hydrogen-bond donors (Lipinski definition) is 3. The highest BCUT2D eigenvalue weighted by Gasteiger charge is 2.33. The number of aliphatic carboxylic acids is 1. The van der Waals surface area contributed by atoms with Gasteiger partial charge in [0.15, 0.2) is 0 Å². The summed E-state index contributed by atoms with van der Waals surface area (Å²) in [7, 11) is 0. The molecule has 1 aliphatic carbocycles. The Morgan fingerprint density at radius 1 is 1.45 bits per heavy atom. The molecule has 20 heavy (non-hydrogen) atoms. The fourth-order valence-corrected chi connectivity index (χ4v) is 2.72. The van der Waals surface area contributed by atoms with Crippen molar-refractivity contribution < 1.29 is 14.7 Å². The van der Waals surface area contributed by atoms with Crippen LogP contribution in [0, 0.1) is 5.92 Å². The molecule has 1 unspecified atom stereocenters. The van der Waals surface area contributed by atoms with Gasteiger partial charge >= 0.3 is 12.0 Å². The minimum atomic E-state index is -0.908. The second kappa shape index (κ2) is 6.45. The molecule has 0 aromatic heterocycles. The van der Waals surface area contributed by atoms with Gasteiger partial charge in [0, 0.05) is 15.5 Å². The van der Waals surface area contributed by atoms with E-state index in [9.17, 15) is 9.59 Å². The average molecular weight is 362 g/mol. The third-order valence-electron chi connectivity index (χ3n) is 3.08. The molecule has 0 radical (unpaired) electrons. The predicted molar refractivity (Wildman–Crippen MR) is 80.1 cm³/mol. The fourth-order valence-electron chi connectivity index (χ4n) is 1.94. The van der Waals surface area contributed by atoms with Crippen LogP contribution in [0.5, 0.6) is 0 Å². The molecule has 0 saturated heterocycles. The van der Waals surface area contributed by atoms with Gasteiger partial charge in [-0.25, -0.2) is 4.79 Å². The zero-order valence-electron chi connectivity index (χ0n) is 10.5. The number of nitrogens with one attached hydrogen (secondary N) is 2. The summed E-state index contributed by atoms with van der Waals surface area (Å²) in [5, 5.41) is 14.8. The number of halogens is 2. The topological polar surface area (TPSA) is 78.4 Å². The number of hydrogen-bond acceptors (Lipinski definition) is 2. The SMILES string of the molecule is O=C(O)CC(NC(=O)Nc1ccc(Cl)cc1Br)C1CC1. The smallest absolute Gasteiger partial charge is 0.319 e. The highest BCUT2D eigenvalue weighted by atomic mass is 79.9. The molecule has 2 amide bonds. The first-order valence-electron chi connectivity index (χ1n) is 6.20. The number of benzene rings is 1. The minimum Gasteiger partial charge on any atom is -0.481 e. The monoisotopic (exact) mass is 360 g/mol. The van der Waals surface area contributed by atoms with Crippen LogP contribution in [-0.4, -0.2) is 23.1 Å². The Morgan fingerprint density at radius 2 is 2.15 bits per heavy atom. The van der Waals surface area contributed by atoms with Crippen molar-refractivity contribution >= 4 is 45.2 Å². The molecule has 0 bridgehead atoms. The van der Waals surface area contributed by atoms with Crippen LogP contribution in [0.2, 0.25) is 5.02 Å². The summed E-state index contributed by atoms with van der Waals surface area (Å²) in [6.07, 6.45) is 1.87. The lowest BCUT2D eigenvalue weighted by Crippen LogP contribution is -2.40. The van der Waals surface area contributed by atoms with E-state index in [0.29, 0.717) is 15.2 Å². The number of carbonyl (C=O) groups is 2. The number of carboxylic acid groups (broad SMARTS) is 1. The third-order valence-corrected chi connectivity index (χ3v) is 3.97. The van der Waals surface area contributed by atoms with Gasteiger partial charge in [-0.3, -0.25) is 4.79 Å². The maximum Gasteiger partial charge on any atom is 0.319 e. The zero-order valence-corrected chi connectivity index (χ0v) is 12.9. The standard InChI is InChI=1S/C13H14BrClN2O3/c14-9-5-8(15)3-4-10(9)16-13(20)17-11(6-12(18)19)7-1-2-7/h3-5,7,11H,1-2,6H2,(H,18,19)(H2,16,17,20). The molecule has 5 nitrogen and oxygen atoms in total. The molecule has 7 heteroatoms. The molecule has 2 rings (SSSR count). The van der Waals surface area contributed by atoms with Crippen LogP contribution in [0.3, 0.4) is 0 Å². The summed E-state index contributed by atoms with van der Waals surface area (Å²) in [4.78, 5) is 22.7. The molecule has 0 spiro atoms. The molecule has 1 saturated carbocycles. The van der Waals surface area contributed by atoms with Gasteiger partial charge in [0.2, 0.25) is 0 Å². The van der Waals surface area contributed by atoms with E-state index >= 15 is 0 Å². The van der Waals surface area contributed by atoms with E-state index < -0.39 is 12.0 Å². The first-order chi connectivity index (χ1) is 9.45. The van der Waals surface area contributed by atoms with E-state index in [1.54, 1.807) is 18.2 Å². The molecule has 3 N–H and O–H groups in total. The van der Waals surface area contributed by atoms with Crippen LogP contribution < -0.4 is 10.6 Å². The Labute approximate surface area is 129 Å². The van der Waals surface area contributed by atoms with Gasteiger partial charge in [-0.2, -0.15) is 0 Å². The van der Waals surface area contributed by atoms with E-state index in [1.165, 1.54) is 0 Å². The van der Waals surface area contributed by atoms with Crippen molar-refractivity contribution in [2.75, 3.05) is 5.32 Å². The molecular weight excluding hydrogens is 348 g/mol. The average Bonchev–Trinajstić information content (AvgIpc) is 3.15. The van der Waals surface area contributed by atoms with Gasteiger partial charge in [0.1, 0.15) is 0 Å². The summed E-state index contributed by atoms with van der Waals surface area (Å²) < 4.78 is 0.668. The van der Waals surface area contributed by atoms with Crippen molar-refractivity contribution in [1.82, 2.24) is 5.32 Å². The van der Waals surface area contributed by atoms with E-state index in [-0.39, 0.29) is 18.4 Å². The molecule has 1 atom stereocenters. The van der Waals surface area contributed by atoms with E-state index in [2.05, 4.69) is 26.6 Å². The van der Waals surface area contributed by atoms with Crippen molar-refractivity contribution in [2.24, 2.45) is 5.92 Å². The van der Waals surface area contributed by atoms with Gasteiger partial charge in [0.05, 0.1) is 12.1 Å². The van der Waals surface area contributed by atoms with Gasteiger partial charge in [-0.15, -0.1) is 0 Å². The Balaban J connectivity index is 1.95. The van der Waals surface area contributed by atoms with Crippen LogP contribution in [0.15, 0.2) is 22.7 Å². The molecule has 0 aliphatic heterocycles. The van der Waals surface area contributed by atoms with Crippen LogP contribution in [0.4, 0.5) is 10.5 Å². The van der Waals surface area contributed by atoms with Crippen molar-refractivity contribution in [2.45, 2.75) is 25.3 Å². The van der Waals surface area contributed by atoms with Crippen LogP contribution in [-0.2, 0) is 4.79 Å². The van der Waals surface area contributed by atoms with Gasteiger partial charge < -0.3 is 15.7 Å². The van der Waals surface area contributed by atoms with Crippen LogP contribution >= 0.6 is 27.5 Å². The van der Waals surface area contributed by atoms with Gasteiger partial charge in [-0.1, -0.05) is 11.6 Å². The van der Waals surface area contributed by atoms with Crippen LogP contribution in [0.1, 0.15) is 19.3 Å². The van der Waals surface area contributed by atoms with Gasteiger partial charge in [0.25, 0.3) is 0 Å². The normalized spacial score (nSPS) is 15.5. The summed E-state index contributed by atoms with van der Waals surface area (Å²) >= 11 is 9.12. The summed E-state index contributed by atoms with van der Waals surface area (Å²) in [6, 6.07) is 4.28. The van der Waals surface area contributed by atoms with E-state index in [1.807, 2.05) is 0 Å². The lowest BCUT2D eigenvalue weighted by Gasteiger charge is -2.17. The second-order valence-corrected chi connectivity index (χ2v) is 6.06. The number of carboxylic acids is 1. The molecular formula is C13H14BrClN2O3. The first-order valence-corrected chi connectivity index (χ1v) is 7.37. The van der Waals surface area contributed by atoms with E-state index in [0.717, 1.165) is 12.8 Å². The maximum atomic E-state index is 11.9. The Morgan fingerprint density at radius 3 is 2.70 bits per heavy atom. The molecule has 0 heterocycles. The number of anilines is 1. The van der Waals surface area contributed by atoms with Crippen molar-refractivity contribution in [3.8, 4) is 0 Å². The molecule has 108 valence electrons. The molecule has 1 aliphatic rings.